The Morgan fingerprint density at radius 3 is 2.67 bits per heavy atom. The van der Waals surface area contributed by atoms with Crippen LogP contribution in [-0.4, -0.2) is 38.3 Å². The van der Waals surface area contributed by atoms with E-state index in [1.807, 2.05) is 23.1 Å². The van der Waals surface area contributed by atoms with Crippen LogP contribution in [0.5, 0.6) is 5.75 Å². The predicted molar refractivity (Wildman–Crippen MR) is 100 cm³/mol. The van der Waals surface area contributed by atoms with Crippen molar-refractivity contribution in [1.82, 2.24) is 10.2 Å². The fourth-order valence-corrected chi connectivity index (χ4v) is 4.29. The van der Waals surface area contributed by atoms with Crippen LogP contribution >= 0.6 is 0 Å². The van der Waals surface area contributed by atoms with E-state index in [9.17, 15) is 4.79 Å². The minimum Gasteiger partial charge on any atom is -0.543 e. The van der Waals surface area contributed by atoms with Gasteiger partial charge in [0, 0.05) is 23.7 Å². The highest BCUT2D eigenvalue weighted by molar-refractivity contribution is 6.74. The van der Waals surface area contributed by atoms with E-state index in [-0.39, 0.29) is 10.9 Å². The number of hydrogen-bond acceptors (Lipinski definition) is 3. The molecular weight excluding hydrogens is 316 g/mol. The Kier molecular flexibility index (Phi) is 4.51. The first-order chi connectivity index (χ1) is 11.2. The molecule has 1 N–H and O–H groups in total. The van der Waals surface area contributed by atoms with E-state index in [1.165, 1.54) is 0 Å². The van der Waals surface area contributed by atoms with Crippen LogP contribution in [0.1, 0.15) is 49.5 Å². The predicted octanol–water partition coefficient (Wildman–Crippen LogP) is 3.78. The lowest BCUT2D eigenvalue weighted by Gasteiger charge is -2.37. The van der Waals surface area contributed by atoms with Crippen molar-refractivity contribution in [3.63, 3.8) is 0 Å². The number of nitrogens with zero attached hydrogens (tertiary/aromatic N) is 1. The minimum atomic E-state index is -1.91. The van der Waals surface area contributed by atoms with Crippen LogP contribution in [0.15, 0.2) is 18.2 Å². The van der Waals surface area contributed by atoms with Crippen molar-refractivity contribution < 1.29 is 9.22 Å². The SMILES string of the molecule is CC(C)(C)[Si](C)(C)Oc1cccc2c1CN(C1CCCNC1)C2=O. The van der Waals surface area contributed by atoms with Gasteiger partial charge in [-0.3, -0.25) is 4.79 Å². The van der Waals surface area contributed by atoms with E-state index in [1.54, 1.807) is 0 Å². The smallest absolute Gasteiger partial charge is 0.254 e. The molecule has 1 unspecified atom stereocenters. The van der Waals surface area contributed by atoms with Crippen molar-refractivity contribution in [2.24, 2.45) is 0 Å². The maximum Gasteiger partial charge on any atom is 0.254 e. The maximum atomic E-state index is 12.9. The summed E-state index contributed by atoms with van der Waals surface area (Å²) in [4.78, 5) is 14.9. The first-order valence-corrected chi connectivity index (χ1v) is 11.9. The van der Waals surface area contributed by atoms with Crippen molar-refractivity contribution in [2.45, 2.75) is 64.3 Å². The highest BCUT2D eigenvalue weighted by Gasteiger charge is 2.41. The number of nitrogens with one attached hydrogen (secondary N) is 1. The lowest BCUT2D eigenvalue weighted by atomic mass is 10.1. The van der Waals surface area contributed by atoms with Crippen molar-refractivity contribution in [1.29, 1.82) is 0 Å². The van der Waals surface area contributed by atoms with Crippen LogP contribution in [0.2, 0.25) is 18.1 Å². The van der Waals surface area contributed by atoms with Crippen molar-refractivity contribution >= 4 is 14.2 Å². The first-order valence-electron chi connectivity index (χ1n) is 9.03. The number of piperidine rings is 1. The molecule has 0 bridgehead atoms. The minimum absolute atomic E-state index is 0.144. The van der Waals surface area contributed by atoms with Crippen LogP contribution < -0.4 is 9.74 Å². The fraction of sp³-hybridized carbons (Fsp3) is 0.632. The molecule has 132 valence electrons. The van der Waals surface area contributed by atoms with Gasteiger partial charge >= 0.3 is 0 Å². The van der Waals surface area contributed by atoms with Gasteiger partial charge in [-0.25, -0.2) is 0 Å². The highest BCUT2D eigenvalue weighted by atomic mass is 28.4. The van der Waals surface area contributed by atoms with Crippen LogP contribution in [-0.2, 0) is 6.54 Å². The number of carbonyl (C=O) groups excluding carboxylic acids is 1. The summed E-state index contributed by atoms with van der Waals surface area (Å²) in [5, 5.41) is 3.56. The van der Waals surface area contributed by atoms with Gasteiger partial charge in [-0.1, -0.05) is 26.8 Å². The number of hydrogen-bond donors (Lipinski definition) is 1. The van der Waals surface area contributed by atoms with E-state index in [0.29, 0.717) is 12.6 Å². The zero-order valence-corrected chi connectivity index (χ0v) is 16.6. The van der Waals surface area contributed by atoms with Gasteiger partial charge in [0.25, 0.3) is 5.91 Å². The topological polar surface area (TPSA) is 41.6 Å². The second-order valence-electron chi connectivity index (χ2n) is 8.58. The molecule has 1 saturated heterocycles. The van der Waals surface area contributed by atoms with Crippen molar-refractivity contribution in [2.75, 3.05) is 13.1 Å². The average molecular weight is 347 g/mol. The Balaban J connectivity index is 1.86. The molecule has 0 saturated carbocycles. The van der Waals surface area contributed by atoms with Crippen LogP contribution in [0.25, 0.3) is 0 Å². The monoisotopic (exact) mass is 346 g/mol. The lowest BCUT2D eigenvalue weighted by molar-refractivity contribution is 0.0674. The molecule has 2 aliphatic rings. The van der Waals surface area contributed by atoms with Gasteiger partial charge in [0.05, 0.1) is 6.54 Å². The Labute approximate surface area is 146 Å². The van der Waals surface area contributed by atoms with Crippen LogP contribution in [0.4, 0.5) is 0 Å². The summed E-state index contributed by atoms with van der Waals surface area (Å²) in [7, 11) is -1.91. The third-order valence-corrected chi connectivity index (χ3v) is 10.2. The molecule has 24 heavy (non-hydrogen) atoms. The van der Waals surface area contributed by atoms with E-state index < -0.39 is 8.32 Å². The molecule has 0 aromatic heterocycles. The summed E-state index contributed by atoms with van der Waals surface area (Å²) >= 11 is 0. The zero-order valence-electron chi connectivity index (χ0n) is 15.6. The number of benzene rings is 1. The quantitative estimate of drug-likeness (QED) is 0.847. The molecule has 0 spiro atoms. The normalized spacial score (nSPS) is 21.8. The summed E-state index contributed by atoms with van der Waals surface area (Å²) in [6.45, 7) is 13.9. The molecular formula is C19H30N2O2Si. The van der Waals surface area contributed by atoms with Gasteiger partial charge in [0.1, 0.15) is 5.75 Å². The fourth-order valence-electron chi connectivity index (χ4n) is 3.24. The third kappa shape index (κ3) is 3.11. The average Bonchev–Trinajstić information content (AvgIpc) is 2.85. The summed E-state index contributed by atoms with van der Waals surface area (Å²) in [6.07, 6.45) is 2.23. The standard InChI is InChI=1S/C19H30N2O2Si/c1-19(2,3)24(4,5)23-17-10-6-9-15-16(17)13-21(18(15)22)14-8-7-11-20-12-14/h6,9-10,14,20H,7-8,11-13H2,1-5H3. The maximum absolute atomic E-state index is 12.9. The Morgan fingerprint density at radius 2 is 2.04 bits per heavy atom. The second kappa shape index (κ2) is 6.19. The van der Waals surface area contributed by atoms with Gasteiger partial charge in [-0.15, -0.1) is 0 Å². The van der Waals surface area contributed by atoms with Crippen LogP contribution in [0.3, 0.4) is 0 Å². The third-order valence-electron chi connectivity index (χ3n) is 5.84. The Bertz CT molecular complexity index is 631. The van der Waals surface area contributed by atoms with Gasteiger partial charge in [-0.2, -0.15) is 0 Å². The first kappa shape index (κ1) is 17.5. The van der Waals surface area contributed by atoms with E-state index in [4.69, 9.17) is 4.43 Å². The van der Waals surface area contributed by atoms with Crippen molar-refractivity contribution in [3.8, 4) is 5.75 Å². The summed E-state index contributed by atoms with van der Waals surface area (Å²) < 4.78 is 6.54. The molecule has 0 aliphatic carbocycles. The summed E-state index contributed by atoms with van der Waals surface area (Å²) in [5.41, 5.74) is 1.91. The molecule has 1 atom stereocenters. The molecule has 1 aromatic carbocycles. The molecule has 0 radical (unpaired) electrons. The molecule has 1 aromatic rings. The van der Waals surface area contributed by atoms with Gasteiger partial charge in [0.15, 0.2) is 0 Å². The molecule has 2 aliphatic heterocycles. The van der Waals surface area contributed by atoms with Crippen molar-refractivity contribution in [3.05, 3.63) is 29.3 Å². The van der Waals surface area contributed by atoms with Gasteiger partial charge in [0.2, 0.25) is 8.32 Å². The molecule has 5 heteroatoms. The Morgan fingerprint density at radius 1 is 1.29 bits per heavy atom. The zero-order chi connectivity index (χ0) is 17.5. The van der Waals surface area contributed by atoms with Gasteiger partial charge < -0.3 is 14.6 Å². The highest BCUT2D eigenvalue weighted by Crippen LogP contribution is 2.40. The molecule has 3 rings (SSSR count). The lowest BCUT2D eigenvalue weighted by Crippen LogP contribution is -2.46. The molecule has 1 amide bonds. The van der Waals surface area contributed by atoms with E-state index in [0.717, 1.165) is 42.8 Å². The number of carbonyl (C=O) groups is 1. The van der Waals surface area contributed by atoms with E-state index in [2.05, 4.69) is 39.2 Å². The van der Waals surface area contributed by atoms with E-state index >= 15 is 0 Å². The second-order valence-corrected chi connectivity index (χ2v) is 13.3. The molecule has 2 heterocycles. The number of fused-ring (bicyclic) bond motifs is 1. The molecule has 1 fully saturated rings. The van der Waals surface area contributed by atoms with Gasteiger partial charge in [-0.05, 0) is 49.7 Å². The summed E-state index contributed by atoms with van der Waals surface area (Å²) in [6, 6.07) is 6.25. The number of amides is 1. The van der Waals surface area contributed by atoms with Crippen LogP contribution in [0, 0.1) is 0 Å². The largest absolute Gasteiger partial charge is 0.543 e. The molecule has 4 nitrogen and oxygen atoms in total. The number of rotatable bonds is 3. The summed E-state index contributed by atoms with van der Waals surface area (Å²) in [5.74, 6) is 1.08. The Hall–Kier alpha value is -1.33.